The van der Waals surface area contributed by atoms with Crippen LogP contribution in [-0.2, 0) is 22.1 Å². The molecule has 0 radical (unpaired) electrons. The van der Waals surface area contributed by atoms with Crippen LogP contribution in [-0.4, -0.2) is 26.2 Å². The number of amides is 1. The van der Waals surface area contributed by atoms with Gasteiger partial charge in [0.05, 0.1) is 30.5 Å². The third-order valence-corrected chi connectivity index (χ3v) is 4.29. The van der Waals surface area contributed by atoms with Gasteiger partial charge < -0.3 is 19.2 Å². The second-order valence-electron chi connectivity index (χ2n) is 6.54. The summed E-state index contributed by atoms with van der Waals surface area (Å²) in [5, 5.41) is 3.30. The fourth-order valence-electron chi connectivity index (χ4n) is 2.86. The summed E-state index contributed by atoms with van der Waals surface area (Å²) in [7, 11) is 1.48. The van der Waals surface area contributed by atoms with Gasteiger partial charge in [0.2, 0.25) is 5.91 Å². The maximum absolute atomic E-state index is 13.1. The van der Waals surface area contributed by atoms with Crippen LogP contribution in [0.4, 0.5) is 18.9 Å². The van der Waals surface area contributed by atoms with Crippen LogP contribution in [0.25, 0.3) is 11.0 Å². The molecule has 1 heterocycles. The summed E-state index contributed by atoms with van der Waals surface area (Å²) >= 11 is 0. The minimum Gasteiger partial charge on any atom is -0.489 e. The third-order valence-electron chi connectivity index (χ3n) is 4.29. The average Bonchev–Trinajstić information content (AvgIpc) is 3.03. The van der Waals surface area contributed by atoms with E-state index in [-0.39, 0.29) is 31.1 Å². The molecule has 0 unspecified atom stereocenters. The van der Waals surface area contributed by atoms with Crippen molar-refractivity contribution in [2.75, 3.05) is 25.6 Å². The van der Waals surface area contributed by atoms with Crippen LogP contribution in [0.3, 0.4) is 0 Å². The summed E-state index contributed by atoms with van der Waals surface area (Å²) in [4.78, 5) is 12.5. The summed E-state index contributed by atoms with van der Waals surface area (Å²) in [6.45, 7) is 2.32. The Morgan fingerprint density at radius 3 is 2.66 bits per heavy atom. The first-order valence-corrected chi connectivity index (χ1v) is 8.87. The molecule has 8 heteroatoms. The van der Waals surface area contributed by atoms with Crippen molar-refractivity contribution in [1.82, 2.24) is 0 Å². The molecule has 0 atom stereocenters. The Morgan fingerprint density at radius 1 is 1.14 bits per heavy atom. The molecule has 29 heavy (non-hydrogen) atoms. The number of hydrogen-bond acceptors (Lipinski definition) is 4. The molecule has 2 aromatic carbocycles. The summed E-state index contributed by atoms with van der Waals surface area (Å²) < 4.78 is 55.0. The summed E-state index contributed by atoms with van der Waals surface area (Å²) in [5.41, 5.74) is 1.38. The number of aryl methyl sites for hydroxylation is 1. The Hall–Kier alpha value is -3.00. The van der Waals surface area contributed by atoms with Gasteiger partial charge in [-0.3, -0.25) is 4.79 Å². The van der Waals surface area contributed by atoms with Gasteiger partial charge in [-0.15, -0.1) is 0 Å². The predicted molar refractivity (Wildman–Crippen MR) is 102 cm³/mol. The number of anilines is 1. The Labute approximate surface area is 165 Å². The largest absolute Gasteiger partial charge is 0.489 e. The van der Waals surface area contributed by atoms with Crippen molar-refractivity contribution in [3.63, 3.8) is 0 Å². The van der Waals surface area contributed by atoms with E-state index in [0.29, 0.717) is 11.1 Å². The van der Waals surface area contributed by atoms with Gasteiger partial charge in [0.1, 0.15) is 17.9 Å². The van der Waals surface area contributed by atoms with Crippen molar-refractivity contribution in [2.45, 2.75) is 19.5 Å². The lowest BCUT2D eigenvalue weighted by atomic mass is 10.1. The van der Waals surface area contributed by atoms with E-state index in [4.69, 9.17) is 13.9 Å². The first-order valence-electron chi connectivity index (χ1n) is 8.87. The number of halogens is 3. The van der Waals surface area contributed by atoms with E-state index in [1.165, 1.54) is 19.4 Å². The van der Waals surface area contributed by atoms with Gasteiger partial charge in [-0.25, -0.2) is 0 Å². The molecule has 0 aliphatic rings. The van der Waals surface area contributed by atoms with Crippen molar-refractivity contribution < 1.29 is 31.9 Å². The van der Waals surface area contributed by atoms with Gasteiger partial charge in [0.15, 0.2) is 0 Å². The first-order chi connectivity index (χ1) is 13.8. The SMILES string of the molecule is COCCOc1ccc(C(F)(F)F)cc1NC(=O)Cc1coc2cc(C)ccc12. The average molecular weight is 407 g/mol. The number of carbonyl (C=O) groups is 1. The first kappa shape index (κ1) is 20.7. The molecule has 0 aliphatic carbocycles. The number of hydrogen-bond donors (Lipinski definition) is 1. The lowest BCUT2D eigenvalue weighted by Gasteiger charge is -2.15. The molecule has 3 aromatic rings. The van der Waals surface area contributed by atoms with E-state index in [1.54, 1.807) is 0 Å². The van der Waals surface area contributed by atoms with E-state index in [2.05, 4.69) is 5.32 Å². The molecule has 0 aliphatic heterocycles. The molecule has 5 nitrogen and oxygen atoms in total. The number of furan rings is 1. The molecule has 0 saturated heterocycles. The highest BCUT2D eigenvalue weighted by molar-refractivity contribution is 5.96. The number of alkyl halides is 3. The molecular formula is C21H20F3NO4. The Bertz CT molecular complexity index is 1010. The minimum atomic E-state index is -4.54. The van der Waals surface area contributed by atoms with Crippen molar-refractivity contribution in [1.29, 1.82) is 0 Å². The highest BCUT2D eigenvalue weighted by atomic mass is 19.4. The Balaban J connectivity index is 1.81. The molecule has 0 spiro atoms. The van der Waals surface area contributed by atoms with Gasteiger partial charge in [0.25, 0.3) is 0 Å². The van der Waals surface area contributed by atoms with Crippen LogP contribution in [0.1, 0.15) is 16.7 Å². The quantitative estimate of drug-likeness (QED) is 0.562. The molecule has 1 N–H and O–H groups in total. The van der Waals surface area contributed by atoms with Crippen LogP contribution in [0.2, 0.25) is 0 Å². The molecule has 1 aromatic heterocycles. The predicted octanol–water partition coefficient (Wildman–Crippen LogP) is 4.97. The zero-order valence-corrected chi connectivity index (χ0v) is 15.9. The standard InChI is InChI=1S/C21H20F3NO4/c1-13-3-5-16-14(12-29-19(16)9-13)10-20(26)25-17-11-15(21(22,23)24)4-6-18(17)28-8-7-27-2/h3-6,9,11-12H,7-8,10H2,1-2H3,(H,25,26). The molecular weight excluding hydrogens is 387 g/mol. The van der Waals surface area contributed by atoms with Gasteiger partial charge in [-0.1, -0.05) is 12.1 Å². The normalized spacial score (nSPS) is 11.6. The fraction of sp³-hybridized carbons (Fsp3) is 0.286. The van der Waals surface area contributed by atoms with Crippen molar-refractivity contribution in [3.05, 3.63) is 59.4 Å². The van der Waals surface area contributed by atoms with E-state index in [1.807, 2.05) is 25.1 Å². The monoisotopic (exact) mass is 407 g/mol. The van der Waals surface area contributed by atoms with Crippen molar-refractivity contribution in [2.24, 2.45) is 0 Å². The lowest BCUT2D eigenvalue weighted by molar-refractivity contribution is -0.137. The highest BCUT2D eigenvalue weighted by Crippen LogP contribution is 2.35. The van der Waals surface area contributed by atoms with Crippen LogP contribution >= 0.6 is 0 Å². The molecule has 3 rings (SSSR count). The number of benzene rings is 2. The van der Waals surface area contributed by atoms with Gasteiger partial charge in [-0.2, -0.15) is 13.2 Å². The number of nitrogens with one attached hydrogen (secondary N) is 1. The Morgan fingerprint density at radius 2 is 1.93 bits per heavy atom. The maximum Gasteiger partial charge on any atom is 0.416 e. The van der Waals surface area contributed by atoms with Crippen molar-refractivity contribution in [3.8, 4) is 5.75 Å². The minimum absolute atomic E-state index is 0.0513. The van der Waals surface area contributed by atoms with E-state index >= 15 is 0 Å². The lowest BCUT2D eigenvalue weighted by Crippen LogP contribution is -2.17. The molecule has 0 saturated carbocycles. The smallest absolute Gasteiger partial charge is 0.416 e. The fourth-order valence-corrected chi connectivity index (χ4v) is 2.86. The zero-order valence-electron chi connectivity index (χ0n) is 15.9. The number of ether oxygens (including phenoxy) is 2. The Kier molecular flexibility index (Phi) is 6.12. The molecule has 0 bridgehead atoms. The van der Waals surface area contributed by atoms with Gasteiger partial charge in [-0.05, 0) is 36.8 Å². The molecule has 0 fully saturated rings. The number of fused-ring (bicyclic) bond motifs is 1. The van der Waals surface area contributed by atoms with E-state index < -0.39 is 17.6 Å². The summed E-state index contributed by atoms with van der Waals surface area (Å²) in [6.07, 6.45) is -3.11. The second kappa shape index (κ2) is 8.57. The number of rotatable bonds is 7. The van der Waals surface area contributed by atoms with Gasteiger partial charge >= 0.3 is 6.18 Å². The van der Waals surface area contributed by atoms with Crippen LogP contribution in [0.5, 0.6) is 5.75 Å². The molecule has 154 valence electrons. The number of methoxy groups -OCH3 is 1. The second-order valence-corrected chi connectivity index (χ2v) is 6.54. The maximum atomic E-state index is 13.1. The van der Waals surface area contributed by atoms with Crippen LogP contribution < -0.4 is 10.1 Å². The zero-order chi connectivity index (χ0) is 21.0. The molecule has 1 amide bonds. The highest BCUT2D eigenvalue weighted by Gasteiger charge is 2.31. The topological polar surface area (TPSA) is 60.7 Å². The van der Waals surface area contributed by atoms with E-state index in [9.17, 15) is 18.0 Å². The summed E-state index contributed by atoms with van der Waals surface area (Å²) in [6, 6.07) is 8.55. The van der Waals surface area contributed by atoms with Crippen LogP contribution in [0.15, 0.2) is 47.1 Å². The number of carbonyl (C=O) groups excluding carboxylic acids is 1. The van der Waals surface area contributed by atoms with Crippen molar-refractivity contribution >= 4 is 22.6 Å². The van der Waals surface area contributed by atoms with E-state index in [0.717, 1.165) is 23.1 Å². The summed E-state index contributed by atoms with van der Waals surface area (Å²) in [5.74, 6) is -0.347. The third kappa shape index (κ3) is 5.08. The van der Waals surface area contributed by atoms with Gasteiger partial charge in [0, 0.05) is 18.1 Å². The van der Waals surface area contributed by atoms with Crippen LogP contribution in [0, 0.1) is 6.92 Å².